The number of aryl methyl sites for hydroxylation is 1. The first-order chi connectivity index (χ1) is 11.5. The molecule has 0 aliphatic carbocycles. The zero-order valence-electron chi connectivity index (χ0n) is 13.7. The van der Waals surface area contributed by atoms with Gasteiger partial charge in [-0.2, -0.15) is 4.31 Å². The Balaban J connectivity index is 1.71. The lowest BCUT2D eigenvalue weighted by atomic mass is 10.1. The van der Waals surface area contributed by atoms with Gasteiger partial charge in [0.25, 0.3) is 0 Å². The van der Waals surface area contributed by atoms with Crippen molar-refractivity contribution in [3.8, 4) is 0 Å². The van der Waals surface area contributed by atoms with E-state index in [2.05, 4.69) is 36.1 Å². The van der Waals surface area contributed by atoms with Gasteiger partial charge in [-0.05, 0) is 36.2 Å². The lowest BCUT2D eigenvalue weighted by Crippen LogP contribution is -2.48. The Morgan fingerprint density at radius 1 is 0.958 bits per heavy atom. The summed E-state index contributed by atoms with van der Waals surface area (Å²) in [7, 11) is -3.78. The molecule has 1 aliphatic heterocycles. The van der Waals surface area contributed by atoms with Gasteiger partial charge in [-0.15, -0.1) is 0 Å². The Hall–Kier alpha value is -1.92. The monoisotopic (exact) mass is 348 g/mol. The van der Waals surface area contributed by atoms with Crippen LogP contribution in [0.1, 0.15) is 12.5 Å². The average Bonchev–Trinajstić information content (AvgIpc) is 2.62. The van der Waals surface area contributed by atoms with Crippen LogP contribution in [0.15, 0.2) is 53.4 Å². The van der Waals surface area contributed by atoms with Crippen molar-refractivity contribution < 1.29 is 12.8 Å². The quantitative estimate of drug-likeness (QED) is 0.853. The van der Waals surface area contributed by atoms with Gasteiger partial charge in [0.1, 0.15) is 10.7 Å². The summed E-state index contributed by atoms with van der Waals surface area (Å²) in [5.41, 5.74) is 2.37. The zero-order valence-corrected chi connectivity index (χ0v) is 14.5. The topological polar surface area (TPSA) is 40.6 Å². The molecule has 0 N–H and O–H groups in total. The maximum Gasteiger partial charge on any atom is 0.246 e. The number of halogens is 1. The minimum atomic E-state index is -3.78. The summed E-state index contributed by atoms with van der Waals surface area (Å²) in [5, 5.41) is 0. The maximum absolute atomic E-state index is 13.8. The van der Waals surface area contributed by atoms with Crippen LogP contribution in [0, 0.1) is 5.82 Å². The van der Waals surface area contributed by atoms with E-state index >= 15 is 0 Å². The zero-order chi connectivity index (χ0) is 17.2. The Kier molecular flexibility index (Phi) is 4.87. The molecule has 0 radical (unpaired) electrons. The van der Waals surface area contributed by atoms with Crippen molar-refractivity contribution in [1.82, 2.24) is 4.31 Å². The molecule has 3 rings (SSSR count). The molecule has 1 fully saturated rings. The van der Waals surface area contributed by atoms with Crippen LogP contribution in [-0.2, 0) is 16.4 Å². The van der Waals surface area contributed by atoms with Gasteiger partial charge in [0, 0.05) is 31.9 Å². The molecule has 128 valence electrons. The van der Waals surface area contributed by atoms with Gasteiger partial charge in [0.2, 0.25) is 10.0 Å². The molecule has 4 nitrogen and oxygen atoms in total. The van der Waals surface area contributed by atoms with Gasteiger partial charge in [0.15, 0.2) is 0 Å². The minimum Gasteiger partial charge on any atom is -0.369 e. The average molecular weight is 348 g/mol. The fraction of sp³-hybridized carbons (Fsp3) is 0.333. The minimum absolute atomic E-state index is 0.245. The molecule has 0 saturated carbocycles. The molecule has 0 amide bonds. The van der Waals surface area contributed by atoms with Crippen molar-refractivity contribution in [2.24, 2.45) is 0 Å². The highest BCUT2D eigenvalue weighted by molar-refractivity contribution is 7.89. The number of piperazine rings is 1. The SMILES string of the molecule is CCc1ccc(N2CCN(S(=O)(=O)c3ccccc3F)CC2)cc1. The fourth-order valence-electron chi connectivity index (χ4n) is 2.92. The van der Waals surface area contributed by atoms with Gasteiger partial charge in [-0.25, -0.2) is 12.8 Å². The highest BCUT2D eigenvalue weighted by atomic mass is 32.2. The van der Waals surface area contributed by atoms with Crippen molar-refractivity contribution in [1.29, 1.82) is 0 Å². The van der Waals surface area contributed by atoms with Crippen LogP contribution < -0.4 is 4.90 Å². The number of rotatable bonds is 4. The second-order valence-corrected chi connectivity index (χ2v) is 7.75. The number of sulfonamides is 1. The molecular weight excluding hydrogens is 327 g/mol. The van der Waals surface area contributed by atoms with E-state index in [1.54, 1.807) is 6.07 Å². The van der Waals surface area contributed by atoms with Crippen molar-refractivity contribution in [3.05, 3.63) is 59.9 Å². The smallest absolute Gasteiger partial charge is 0.246 e. The molecule has 1 aliphatic rings. The molecule has 2 aromatic carbocycles. The lowest BCUT2D eigenvalue weighted by Gasteiger charge is -2.35. The van der Waals surface area contributed by atoms with E-state index in [0.29, 0.717) is 26.2 Å². The first-order valence-electron chi connectivity index (χ1n) is 8.11. The third-order valence-corrected chi connectivity index (χ3v) is 6.33. The Bertz CT molecular complexity index is 798. The van der Waals surface area contributed by atoms with Gasteiger partial charge < -0.3 is 4.90 Å². The van der Waals surface area contributed by atoms with E-state index in [1.165, 1.54) is 28.1 Å². The second-order valence-electron chi connectivity index (χ2n) is 5.84. The summed E-state index contributed by atoms with van der Waals surface area (Å²) < 4.78 is 40.4. The van der Waals surface area contributed by atoms with Crippen LogP contribution in [-0.4, -0.2) is 38.9 Å². The molecule has 1 heterocycles. The van der Waals surface area contributed by atoms with Crippen molar-refractivity contribution in [2.45, 2.75) is 18.2 Å². The molecule has 0 bridgehead atoms. The van der Waals surface area contributed by atoms with Crippen LogP contribution in [0.3, 0.4) is 0 Å². The lowest BCUT2D eigenvalue weighted by molar-refractivity contribution is 0.382. The summed E-state index contributed by atoms with van der Waals surface area (Å²) >= 11 is 0. The molecular formula is C18H21FN2O2S. The summed E-state index contributed by atoms with van der Waals surface area (Å²) in [5.74, 6) is -0.699. The van der Waals surface area contributed by atoms with Gasteiger partial charge >= 0.3 is 0 Å². The molecule has 24 heavy (non-hydrogen) atoms. The Labute approximate surface area is 142 Å². The van der Waals surface area contributed by atoms with E-state index in [-0.39, 0.29) is 4.90 Å². The molecule has 0 spiro atoms. The molecule has 0 unspecified atom stereocenters. The Morgan fingerprint density at radius 2 is 1.58 bits per heavy atom. The number of anilines is 1. The van der Waals surface area contributed by atoms with Crippen molar-refractivity contribution >= 4 is 15.7 Å². The van der Waals surface area contributed by atoms with Gasteiger partial charge in [0.05, 0.1) is 0 Å². The van der Waals surface area contributed by atoms with Crippen molar-refractivity contribution in [2.75, 3.05) is 31.1 Å². The van der Waals surface area contributed by atoms with Crippen LogP contribution in [0.25, 0.3) is 0 Å². The second kappa shape index (κ2) is 6.91. The number of hydrogen-bond donors (Lipinski definition) is 0. The first kappa shape index (κ1) is 16.9. The summed E-state index contributed by atoms with van der Waals surface area (Å²) in [6, 6.07) is 13.9. The third-order valence-electron chi connectivity index (χ3n) is 4.40. The predicted molar refractivity (Wildman–Crippen MR) is 93.2 cm³/mol. The summed E-state index contributed by atoms with van der Waals surface area (Å²) in [4.78, 5) is 1.91. The van der Waals surface area contributed by atoms with Gasteiger partial charge in [-0.3, -0.25) is 0 Å². The van der Waals surface area contributed by atoms with E-state index in [4.69, 9.17) is 0 Å². The van der Waals surface area contributed by atoms with Crippen LogP contribution >= 0.6 is 0 Å². The summed E-state index contributed by atoms with van der Waals surface area (Å²) in [6.45, 7) is 4.01. The molecule has 6 heteroatoms. The number of nitrogens with zero attached hydrogens (tertiary/aromatic N) is 2. The molecule has 2 aromatic rings. The Morgan fingerprint density at radius 3 is 2.17 bits per heavy atom. The van der Waals surface area contributed by atoms with Crippen LogP contribution in [0.5, 0.6) is 0 Å². The van der Waals surface area contributed by atoms with E-state index < -0.39 is 15.8 Å². The normalized spacial score (nSPS) is 16.3. The molecule has 0 atom stereocenters. The highest BCUT2D eigenvalue weighted by Crippen LogP contribution is 2.23. The summed E-state index contributed by atoms with van der Waals surface area (Å²) in [6.07, 6.45) is 0.995. The maximum atomic E-state index is 13.8. The molecule has 1 saturated heterocycles. The largest absolute Gasteiger partial charge is 0.369 e. The van der Waals surface area contributed by atoms with Gasteiger partial charge in [-0.1, -0.05) is 31.2 Å². The third kappa shape index (κ3) is 3.30. The molecule has 0 aromatic heterocycles. The van der Waals surface area contributed by atoms with E-state index in [1.807, 2.05) is 0 Å². The highest BCUT2D eigenvalue weighted by Gasteiger charge is 2.30. The fourth-order valence-corrected chi connectivity index (χ4v) is 4.41. The van der Waals surface area contributed by atoms with E-state index in [9.17, 15) is 12.8 Å². The number of hydrogen-bond acceptors (Lipinski definition) is 3. The predicted octanol–water partition coefficient (Wildman–Crippen LogP) is 2.90. The van der Waals surface area contributed by atoms with Crippen LogP contribution in [0.2, 0.25) is 0 Å². The van der Waals surface area contributed by atoms with E-state index in [0.717, 1.165) is 12.1 Å². The number of benzene rings is 2. The van der Waals surface area contributed by atoms with Crippen LogP contribution in [0.4, 0.5) is 10.1 Å². The first-order valence-corrected chi connectivity index (χ1v) is 9.55. The standard InChI is InChI=1S/C18H21FN2O2S/c1-2-15-7-9-16(10-8-15)20-11-13-21(14-12-20)24(22,23)18-6-4-3-5-17(18)19/h3-10H,2,11-14H2,1H3. The van der Waals surface area contributed by atoms with Crippen molar-refractivity contribution in [3.63, 3.8) is 0 Å².